The molecule has 0 aromatic rings. The SMILES string of the molecule is CC/C=C\C/C=C\C/C=C\C/C=C\C/C=C\CCCCCCCCCCCCCCCCCC(=O)NC(COC1OC(CO)C(OC2OC(CO)C(OC3OC(CO)C(O)C(O)C3O)C(O)C2O)C(O)C1O)C(O)/C=C/CC/C=C/CCCCCCCCCCCC. The number of aliphatic hydroxyl groups is 11. The van der Waals surface area contributed by atoms with Crippen LogP contribution in [0.15, 0.2) is 85.1 Å². The van der Waals surface area contributed by atoms with Crippen molar-refractivity contribution in [2.75, 3.05) is 26.4 Å². The first kappa shape index (κ1) is 83.2. The van der Waals surface area contributed by atoms with Crippen LogP contribution in [-0.4, -0.2) is 193 Å². The van der Waals surface area contributed by atoms with Crippen LogP contribution in [0.5, 0.6) is 0 Å². The summed E-state index contributed by atoms with van der Waals surface area (Å²) in [5.74, 6) is -0.288. The Morgan fingerprint density at radius 1 is 0.402 bits per heavy atom. The molecule has 19 nitrogen and oxygen atoms in total. The van der Waals surface area contributed by atoms with Gasteiger partial charge in [0.1, 0.15) is 73.2 Å². The molecule has 17 unspecified atom stereocenters. The zero-order valence-corrected chi connectivity index (χ0v) is 56.3. The third kappa shape index (κ3) is 35.3. The van der Waals surface area contributed by atoms with E-state index in [1.807, 2.05) is 6.08 Å². The Morgan fingerprint density at radius 3 is 1.22 bits per heavy atom. The maximum atomic E-state index is 13.4. The van der Waals surface area contributed by atoms with Crippen molar-refractivity contribution in [1.82, 2.24) is 5.32 Å². The van der Waals surface area contributed by atoms with Crippen molar-refractivity contribution < 1.29 is 89.4 Å². The van der Waals surface area contributed by atoms with Gasteiger partial charge in [-0.2, -0.15) is 0 Å². The van der Waals surface area contributed by atoms with Crippen molar-refractivity contribution in [2.24, 2.45) is 0 Å². The van der Waals surface area contributed by atoms with Gasteiger partial charge in [-0.25, -0.2) is 0 Å². The molecular formula is C73H127NO18. The van der Waals surface area contributed by atoms with E-state index in [4.69, 9.17) is 28.4 Å². The number of aliphatic hydroxyl groups excluding tert-OH is 11. The second-order valence-electron chi connectivity index (χ2n) is 25.3. The van der Waals surface area contributed by atoms with Crippen LogP contribution in [-0.2, 0) is 33.2 Å². The van der Waals surface area contributed by atoms with E-state index < -0.39 is 124 Å². The molecule has 92 heavy (non-hydrogen) atoms. The van der Waals surface area contributed by atoms with E-state index in [1.54, 1.807) is 6.08 Å². The number of hydrogen-bond donors (Lipinski definition) is 12. The van der Waals surface area contributed by atoms with Crippen molar-refractivity contribution in [1.29, 1.82) is 0 Å². The summed E-state index contributed by atoms with van der Waals surface area (Å²) in [4.78, 5) is 13.4. The molecule has 3 aliphatic heterocycles. The Bertz CT molecular complexity index is 2000. The molecule has 0 spiro atoms. The third-order valence-electron chi connectivity index (χ3n) is 17.4. The average molecular weight is 1310 g/mol. The number of hydrogen-bond acceptors (Lipinski definition) is 18. The number of ether oxygens (including phenoxy) is 6. The van der Waals surface area contributed by atoms with Crippen LogP contribution < -0.4 is 5.32 Å². The fraction of sp³-hybridized carbons (Fsp3) is 0.795. The van der Waals surface area contributed by atoms with E-state index in [2.05, 4.69) is 92.1 Å². The summed E-state index contributed by atoms with van der Waals surface area (Å²) < 4.78 is 34.3. The summed E-state index contributed by atoms with van der Waals surface area (Å²) in [6, 6.07) is -0.994. The van der Waals surface area contributed by atoms with Crippen molar-refractivity contribution in [2.45, 2.75) is 343 Å². The lowest BCUT2D eigenvalue weighted by Crippen LogP contribution is -2.66. The molecule has 12 N–H and O–H groups in total. The summed E-state index contributed by atoms with van der Waals surface area (Å²) in [6.45, 7) is 1.60. The molecule has 3 rings (SSSR count). The van der Waals surface area contributed by atoms with E-state index in [1.165, 1.54) is 135 Å². The fourth-order valence-corrected chi connectivity index (χ4v) is 11.6. The monoisotopic (exact) mass is 1310 g/mol. The maximum Gasteiger partial charge on any atom is 0.220 e. The van der Waals surface area contributed by atoms with Crippen LogP contribution >= 0.6 is 0 Å². The maximum absolute atomic E-state index is 13.4. The predicted molar refractivity (Wildman–Crippen MR) is 360 cm³/mol. The minimum Gasteiger partial charge on any atom is -0.394 e. The van der Waals surface area contributed by atoms with Crippen LogP contribution in [0, 0.1) is 0 Å². The van der Waals surface area contributed by atoms with Crippen molar-refractivity contribution >= 4 is 5.91 Å². The van der Waals surface area contributed by atoms with Crippen LogP contribution in [0.4, 0.5) is 0 Å². The zero-order valence-electron chi connectivity index (χ0n) is 56.3. The van der Waals surface area contributed by atoms with Crippen molar-refractivity contribution in [3.8, 4) is 0 Å². The molecule has 532 valence electrons. The molecule has 0 aliphatic carbocycles. The molecule has 0 aromatic heterocycles. The number of rotatable bonds is 54. The summed E-state index contributed by atoms with van der Waals surface area (Å²) >= 11 is 0. The number of allylic oxidation sites excluding steroid dienone is 13. The van der Waals surface area contributed by atoms with E-state index in [-0.39, 0.29) is 18.9 Å². The van der Waals surface area contributed by atoms with Crippen LogP contribution in [0.25, 0.3) is 0 Å². The Balaban J connectivity index is 1.39. The second-order valence-corrected chi connectivity index (χ2v) is 25.3. The molecule has 3 fully saturated rings. The van der Waals surface area contributed by atoms with Crippen LogP contribution in [0.2, 0.25) is 0 Å². The molecular weight excluding hydrogens is 1180 g/mol. The predicted octanol–water partition coefficient (Wildman–Crippen LogP) is 9.88. The van der Waals surface area contributed by atoms with Crippen LogP contribution in [0.3, 0.4) is 0 Å². The topological polar surface area (TPSA) is 307 Å². The van der Waals surface area contributed by atoms with Crippen molar-refractivity contribution in [3.63, 3.8) is 0 Å². The number of unbranched alkanes of at least 4 members (excludes halogenated alkanes) is 26. The number of carbonyl (C=O) groups is 1. The number of nitrogens with one attached hydrogen (secondary N) is 1. The molecule has 0 bridgehead atoms. The lowest BCUT2D eigenvalue weighted by atomic mass is 9.96. The number of carbonyl (C=O) groups excluding carboxylic acids is 1. The Kier molecular flexibility index (Phi) is 48.9. The smallest absolute Gasteiger partial charge is 0.220 e. The molecule has 1 amide bonds. The highest BCUT2D eigenvalue weighted by atomic mass is 16.8. The van der Waals surface area contributed by atoms with Crippen LogP contribution in [0.1, 0.15) is 239 Å². The van der Waals surface area contributed by atoms with E-state index in [9.17, 15) is 61.0 Å². The minimum atomic E-state index is -1.98. The molecule has 3 heterocycles. The van der Waals surface area contributed by atoms with Gasteiger partial charge in [0.05, 0.1) is 38.6 Å². The minimum absolute atomic E-state index is 0.232. The first-order valence-electron chi connectivity index (χ1n) is 35.8. The largest absolute Gasteiger partial charge is 0.394 e. The van der Waals surface area contributed by atoms with E-state index in [0.717, 1.165) is 70.6 Å². The van der Waals surface area contributed by atoms with Gasteiger partial charge in [-0.05, 0) is 77.0 Å². The Hall–Kier alpha value is -3.03. The van der Waals surface area contributed by atoms with E-state index >= 15 is 0 Å². The standard InChI is InChI=1S/C73H127NO18/c1-3-5-7-9-11-13-15-17-19-21-22-23-24-25-26-27-28-29-30-31-32-33-34-35-37-39-41-43-45-47-49-51-61(79)74-56(57(78)50-48-46-44-42-40-38-36-20-18-16-14-12-10-8-6-4-2)55-87-71-67(85)64(82)69(59(53-76)89-71)92-73-68(86)65(83)70(60(54-77)90-73)91-72-66(84)63(81)62(80)58(52-75)88-72/h5,7,11,13,17,19,22-23,25-26,40,42,48,50,56-60,62-73,75-78,80-86H,3-4,6,8-10,12,14-16,18,20-21,24,27-39,41,43-47,49,51-55H2,1-2H3,(H,74,79)/b7-5-,13-11-,19-17-,23-22-,26-25-,42-40+,50-48+. The van der Waals surface area contributed by atoms with Gasteiger partial charge in [-0.3, -0.25) is 4.79 Å². The quantitative estimate of drug-likeness (QED) is 0.0199. The van der Waals surface area contributed by atoms with Gasteiger partial charge in [-0.1, -0.05) is 240 Å². The van der Waals surface area contributed by atoms with Crippen molar-refractivity contribution in [3.05, 3.63) is 85.1 Å². The normalized spacial score (nSPS) is 28.2. The molecule has 17 atom stereocenters. The molecule has 0 radical (unpaired) electrons. The summed E-state index contributed by atoms with van der Waals surface area (Å²) in [5, 5.41) is 120. The molecule has 0 saturated carbocycles. The summed E-state index contributed by atoms with van der Waals surface area (Å²) in [6.07, 6.45) is 42.8. The number of amides is 1. The highest BCUT2D eigenvalue weighted by Gasteiger charge is 2.53. The highest BCUT2D eigenvalue weighted by molar-refractivity contribution is 5.76. The molecule has 3 saturated heterocycles. The lowest BCUT2D eigenvalue weighted by Gasteiger charge is -2.48. The van der Waals surface area contributed by atoms with Gasteiger partial charge in [0.25, 0.3) is 0 Å². The Morgan fingerprint density at radius 2 is 0.761 bits per heavy atom. The van der Waals surface area contributed by atoms with Gasteiger partial charge in [0.2, 0.25) is 5.91 Å². The van der Waals surface area contributed by atoms with Gasteiger partial charge >= 0.3 is 0 Å². The zero-order chi connectivity index (χ0) is 66.8. The summed E-state index contributed by atoms with van der Waals surface area (Å²) in [5.41, 5.74) is 0. The lowest BCUT2D eigenvalue weighted by molar-refractivity contribution is -0.379. The second kappa shape index (κ2) is 54.0. The van der Waals surface area contributed by atoms with E-state index in [0.29, 0.717) is 12.8 Å². The molecule has 3 aliphatic rings. The summed E-state index contributed by atoms with van der Waals surface area (Å²) in [7, 11) is 0. The highest BCUT2D eigenvalue weighted by Crippen LogP contribution is 2.33. The van der Waals surface area contributed by atoms with Gasteiger partial charge in [0, 0.05) is 6.42 Å². The van der Waals surface area contributed by atoms with Gasteiger partial charge in [-0.15, -0.1) is 0 Å². The Labute approximate surface area is 552 Å². The first-order valence-corrected chi connectivity index (χ1v) is 35.8. The molecule has 19 heteroatoms. The fourth-order valence-electron chi connectivity index (χ4n) is 11.6. The molecule has 0 aromatic carbocycles. The van der Waals surface area contributed by atoms with Gasteiger partial charge in [0.15, 0.2) is 18.9 Å². The average Bonchev–Trinajstić information content (AvgIpc) is 0.834. The first-order chi connectivity index (χ1) is 44.8. The third-order valence-corrected chi connectivity index (χ3v) is 17.4. The van der Waals surface area contributed by atoms with Gasteiger partial charge < -0.3 is 89.9 Å².